The van der Waals surface area contributed by atoms with Gasteiger partial charge in [-0.1, -0.05) is 50.7 Å². The van der Waals surface area contributed by atoms with Crippen LogP contribution in [0, 0.1) is 6.92 Å². The molecule has 212 valence electrons. The number of aryl methyl sites for hydroxylation is 1. The van der Waals surface area contributed by atoms with Crippen LogP contribution in [0.4, 0.5) is 5.69 Å². The van der Waals surface area contributed by atoms with Gasteiger partial charge in [0.25, 0.3) is 0 Å². The van der Waals surface area contributed by atoms with E-state index in [1.54, 1.807) is 11.3 Å². The number of thioether (sulfide) groups is 1. The van der Waals surface area contributed by atoms with Crippen molar-refractivity contribution < 1.29 is 9.53 Å². The Morgan fingerprint density at radius 1 is 1.05 bits per heavy atom. The van der Waals surface area contributed by atoms with Gasteiger partial charge in [0.05, 0.1) is 16.0 Å². The molecule has 0 saturated carbocycles. The van der Waals surface area contributed by atoms with E-state index >= 15 is 0 Å². The van der Waals surface area contributed by atoms with Gasteiger partial charge in [-0.2, -0.15) is 0 Å². The number of fused-ring (bicyclic) bond motifs is 1. The minimum atomic E-state index is -0.288. The van der Waals surface area contributed by atoms with Crippen molar-refractivity contribution in [1.82, 2.24) is 19.7 Å². The SMILES string of the molecule is CCn1c(SCC(=O)Nc2ccc(-c3nc4ccc(C)cc4s3)cc2)nnc1C(C)Oc1ccc(C(C)(C)C)cc1. The Kier molecular flexibility index (Phi) is 8.47. The number of thiazole rings is 1. The van der Waals surface area contributed by atoms with E-state index in [0.29, 0.717) is 11.7 Å². The Labute approximate surface area is 249 Å². The molecule has 0 saturated heterocycles. The maximum absolute atomic E-state index is 12.7. The van der Waals surface area contributed by atoms with Crippen LogP contribution in [0.25, 0.3) is 20.8 Å². The van der Waals surface area contributed by atoms with Crippen molar-refractivity contribution in [2.45, 2.75) is 64.8 Å². The number of aromatic nitrogens is 4. The van der Waals surface area contributed by atoms with Crippen molar-refractivity contribution in [3.63, 3.8) is 0 Å². The molecule has 2 heterocycles. The number of amides is 1. The number of nitrogens with zero attached hydrogens (tertiary/aromatic N) is 4. The number of benzene rings is 3. The summed E-state index contributed by atoms with van der Waals surface area (Å²) in [5.74, 6) is 1.64. The van der Waals surface area contributed by atoms with E-state index in [2.05, 4.69) is 73.5 Å². The van der Waals surface area contributed by atoms with E-state index in [1.807, 2.05) is 54.8 Å². The largest absolute Gasteiger partial charge is 0.483 e. The summed E-state index contributed by atoms with van der Waals surface area (Å²) in [4.78, 5) is 17.5. The lowest BCUT2D eigenvalue weighted by molar-refractivity contribution is -0.113. The van der Waals surface area contributed by atoms with Crippen molar-refractivity contribution in [2.75, 3.05) is 11.1 Å². The highest BCUT2D eigenvalue weighted by Crippen LogP contribution is 2.32. The third-order valence-electron chi connectivity index (χ3n) is 6.75. The lowest BCUT2D eigenvalue weighted by Gasteiger charge is -2.20. The van der Waals surface area contributed by atoms with Crippen LogP contribution in [0.1, 0.15) is 57.7 Å². The molecule has 9 heteroatoms. The summed E-state index contributed by atoms with van der Waals surface area (Å²) in [6, 6.07) is 22.3. The van der Waals surface area contributed by atoms with Crippen molar-refractivity contribution >= 4 is 44.9 Å². The highest BCUT2D eigenvalue weighted by atomic mass is 32.2. The molecule has 2 aromatic heterocycles. The first-order valence-corrected chi connectivity index (χ1v) is 15.5. The first-order valence-electron chi connectivity index (χ1n) is 13.7. The van der Waals surface area contributed by atoms with Crippen LogP contribution >= 0.6 is 23.1 Å². The highest BCUT2D eigenvalue weighted by Gasteiger charge is 2.20. The molecule has 0 aliphatic rings. The number of ether oxygens (including phenoxy) is 1. The van der Waals surface area contributed by atoms with Gasteiger partial charge in [0.2, 0.25) is 5.91 Å². The summed E-state index contributed by atoms with van der Waals surface area (Å²) >= 11 is 3.04. The van der Waals surface area contributed by atoms with Gasteiger partial charge in [0.15, 0.2) is 17.1 Å². The standard InChI is InChI=1S/C32H35N5O2S2/c1-7-37-29(21(3)39-25-15-11-23(12-16-25)32(4,5)6)35-36-31(37)40-19-28(38)33-24-13-9-22(10-14-24)30-34-26-17-8-20(2)18-27(26)41-30/h8-18,21H,7,19H2,1-6H3,(H,33,38). The fourth-order valence-electron chi connectivity index (χ4n) is 4.47. The second-order valence-electron chi connectivity index (χ2n) is 11.0. The summed E-state index contributed by atoms with van der Waals surface area (Å²) in [5, 5.41) is 13.4. The predicted molar refractivity (Wildman–Crippen MR) is 169 cm³/mol. The molecular formula is C32H35N5O2S2. The van der Waals surface area contributed by atoms with Crippen molar-refractivity contribution in [2.24, 2.45) is 0 Å². The third-order valence-corrected chi connectivity index (χ3v) is 8.78. The van der Waals surface area contributed by atoms with Gasteiger partial charge in [-0.25, -0.2) is 4.98 Å². The number of hydrogen-bond donors (Lipinski definition) is 1. The van der Waals surface area contributed by atoms with Gasteiger partial charge in [-0.15, -0.1) is 21.5 Å². The van der Waals surface area contributed by atoms with E-state index in [1.165, 1.54) is 27.6 Å². The average Bonchev–Trinajstić information content (AvgIpc) is 3.56. The maximum Gasteiger partial charge on any atom is 0.234 e. The first kappa shape index (κ1) is 28.8. The average molecular weight is 586 g/mol. The van der Waals surface area contributed by atoms with Crippen LogP contribution in [-0.2, 0) is 16.8 Å². The molecule has 0 radical (unpaired) electrons. The Morgan fingerprint density at radius 2 is 1.78 bits per heavy atom. The molecule has 1 amide bonds. The van der Waals surface area contributed by atoms with Gasteiger partial charge >= 0.3 is 0 Å². The van der Waals surface area contributed by atoms with E-state index in [-0.39, 0.29) is 23.2 Å². The molecular weight excluding hydrogens is 551 g/mol. The molecule has 5 aromatic rings. The Bertz CT molecular complexity index is 1650. The normalized spacial score (nSPS) is 12.4. The van der Waals surface area contributed by atoms with Crippen molar-refractivity contribution in [3.8, 4) is 16.3 Å². The van der Waals surface area contributed by atoms with E-state index in [9.17, 15) is 4.79 Å². The predicted octanol–water partition coefficient (Wildman–Crippen LogP) is 8.05. The molecule has 3 aromatic carbocycles. The van der Waals surface area contributed by atoms with E-state index < -0.39 is 0 Å². The van der Waals surface area contributed by atoms with Crippen molar-refractivity contribution in [1.29, 1.82) is 0 Å². The third kappa shape index (κ3) is 6.80. The summed E-state index contributed by atoms with van der Waals surface area (Å²) in [7, 11) is 0. The van der Waals surface area contributed by atoms with Crippen LogP contribution < -0.4 is 10.1 Å². The molecule has 0 bridgehead atoms. The zero-order valence-electron chi connectivity index (χ0n) is 24.3. The number of carbonyl (C=O) groups is 1. The Balaban J connectivity index is 1.17. The number of carbonyl (C=O) groups excluding carboxylic acids is 1. The molecule has 0 fully saturated rings. The molecule has 7 nitrogen and oxygen atoms in total. The van der Waals surface area contributed by atoms with E-state index in [4.69, 9.17) is 9.72 Å². The molecule has 0 spiro atoms. The lowest BCUT2D eigenvalue weighted by Crippen LogP contribution is -2.15. The molecule has 1 N–H and O–H groups in total. The van der Waals surface area contributed by atoms with Crippen LogP contribution in [0.2, 0.25) is 0 Å². The highest BCUT2D eigenvalue weighted by molar-refractivity contribution is 7.99. The maximum atomic E-state index is 12.7. The Hall–Kier alpha value is -3.69. The van der Waals surface area contributed by atoms with Gasteiger partial charge in [0, 0.05) is 17.8 Å². The molecule has 5 rings (SSSR count). The van der Waals surface area contributed by atoms with Crippen LogP contribution in [0.5, 0.6) is 5.75 Å². The smallest absolute Gasteiger partial charge is 0.234 e. The van der Waals surface area contributed by atoms with Crippen LogP contribution in [-0.4, -0.2) is 31.4 Å². The second kappa shape index (κ2) is 12.0. The second-order valence-corrected chi connectivity index (χ2v) is 13.0. The fraction of sp³-hybridized carbons (Fsp3) is 0.312. The van der Waals surface area contributed by atoms with Crippen LogP contribution in [0.3, 0.4) is 0 Å². The topological polar surface area (TPSA) is 81.9 Å². The summed E-state index contributed by atoms with van der Waals surface area (Å²) in [6.07, 6.45) is -0.288. The van der Waals surface area contributed by atoms with Crippen LogP contribution in [0.15, 0.2) is 71.9 Å². The summed E-state index contributed by atoms with van der Waals surface area (Å²) < 4.78 is 9.35. The summed E-state index contributed by atoms with van der Waals surface area (Å²) in [6.45, 7) is 13.3. The molecule has 1 atom stereocenters. The molecule has 0 aliphatic heterocycles. The van der Waals surface area contributed by atoms with Gasteiger partial charge < -0.3 is 14.6 Å². The van der Waals surface area contributed by atoms with E-state index in [0.717, 1.165) is 33.3 Å². The first-order chi connectivity index (χ1) is 19.6. The molecule has 0 aliphatic carbocycles. The van der Waals surface area contributed by atoms with Crippen molar-refractivity contribution in [3.05, 3.63) is 83.7 Å². The monoisotopic (exact) mass is 585 g/mol. The minimum absolute atomic E-state index is 0.0882. The zero-order chi connectivity index (χ0) is 29.1. The van der Waals surface area contributed by atoms with Gasteiger partial charge in [0.1, 0.15) is 10.8 Å². The lowest BCUT2D eigenvalue weighted by atomic mass is 9.87. The molecule has 41 heavy (non-hydrogen) atoms. The minimum Gasteiger partial charge on any atom is -0.483 e. The number of anilines is 1. The molecule has 1 unspecified atom stereocenters. The number of rotatable bonds is 9. The quantitative estimate of drug-likeness (QED) is 0.176. The van der Waals surface area contributed by atoms with Gasteiger partial charge in [-0.3, -0.25) is 4.79 Å². The fourth-order valence-corrected chi connectivity index (χ4v) is 6.35. The Morgan fingerprint density at radius 3 is 2.46 bits per heavy atom. The van der Waals surface area contributed by atoms with Gasteiger partial charge in [-0.05, 0) is 85.8 Å². The number of hydrogen-bond acceptors (Lipinski definition) is 7. The number of nitrogens with one attached hydrogen (secondary N) is 1. The summed E-state index contributed by atoms with van der Waals surface area (Å²) in [5.41, 5.74) is 5.34. The zero-order valence-corrected chi connectivity index (χ0v) is 25.9.